The summed E-state index contributed by atoms with van der Waals surface area (Å²) in [5, 5.41) is 8.52. The van der Waals surface area contributed by atoms with Crippen molar-refractivity contribution in [2.45, 2.75) is 26.0 Å². The largest absolute Gasteiger partial charge is 0.476 e. The number of hydrogen-bond acceptors (Lipinski definition) is 3. The van der Waals surface area contributed by atoms with Crippen LogP contribution in [0.4, 0.5) is 4.39 Å². The molecule has 0 saturated heterocycles. The van der Waals surface area contributed by atoms with Gasteiger partial charge in [0, 0.05) is 17.7 Å². The molecule has 0 aromatic heterocycles. The van der Waals surface area contributed by atoms with Crippen LogP contribution in [0.5, 0.6) is 5.75 Å². The SMILES string of the molecule is CC(C#N)Oc1ccc([C@@H](C)N)c(F)c1. The van der Waals surface area contributed by atoms with Gasteiger partial charge in [-0.2, -0.15) is 5.26 Å². The second-order valence-electron chi connectivity index (χ2n) is 3.36. The molecule has 0 saturated carbocycles. The van der Waals surface area contributed by atoms with E-state index in [1.807, 2.05) is 6.07 Å². The van der Waals surface area contributed by atoms with Gasteiger partial charge < -0.3 is 10.5 Å². The molecule has 2 N–H and O–H groups in total. The van der Waals surface area contributed by atoms with Gasteiger partial charge in [-0.15, -0.1) is 0 Å². The molecule has 0 aliphatic carbocycles. The zero-order chi connectivity index (χ0) is 11.4. The minimum absolute atomic E-state index is 0.339. The van der Waals surface area contributed by atoms with Crippen molar-refractivity contribution in [2.75, 3.05) is 0 Å². The molecule has 4 heteroatoms. The molecule has 0 fully saturated rings. The van der Waals surface area contributed by atoms with Crippen LogP contribution in [0.1, 0.15) is 25.5 Å². The third-order valence-corrected chi connectivity index (χ3v) is 1.96. The third kappa shape index (κ3) is 2.93. The number of halogens is 1. The van der Waals surface area contributed by atoms with Crippen molar-refractivity contribution < 1.29 is 9.13 Å². The Morgan fingerprint density at radius 1 is 1.47 bits per heavy atom. The van der Waals surface area contributed by atoms with E-state index in [1.54, 1.807) is 26.0 Å². The number of hydrogen-bond donors (Lipinski definition) is 1. The average Bonchev–Trinajstić information content (AvgIpc) is 2.17. The van der Waals surface area contributed by atoms with Crippen molar-refractivity contribution >= 4 is 0 Å². The van der Waals surface area contributed by atoms with Crippen molar-refractivity contribution in [3.8, 4) is 11.8 Å². The highest BCUT2D eigenvalue weighted by molar-refractivity contribution is 5.30. The molecule has 0 spiro atoms. The Kier molecular flexibility index (Phi) is 3.64. The molecule has 15 heavy (non-hydrogen) atoms. The van der Waals surface area contributed by atoms with Gasteiger partial charge in [-0.05, 0) is 19.9 Å². The molecule has 0 bridgehead atoms. The molecule has 2 atom stereocenters. The van der Waals surface area contributed by atoms with Crippen LogP contribution in [0, 0.1) is 17.1 Å². The topological polar surface area (TPSA) is 59.0 Å². The fourth-order valence-corrected chi connectivity index (χ4v) is 1.18. The van der Waals surface area contributed by atoms with Gasteiger partial charge in [0.2, 0.25) is 0 Å². The minimum Gasteiger partial charge on any atom is -0.476 e. The summed E-state index contributed by atoms with van der Waals surface area (Å²) >= 11 is 0. The number of rotatable bonds is 3. The van der Waals surface area contributed by atoms with Crippen molar-refractivity contribution in [2.24, 2.45) is 5.73 Å². The lowest BCUT2D eigenvalue weighted by Gasteiger charge is -2.11. The van der Waals surface area contributed by atoms with Crippen molar-refractivity contribution in [3.05, 3.63) is 29.6 Å². The van der Waals surface area contributed by atoms with Crippen molar-refractivity contribution in [1.29, 1.82) is 5.26 Å². The highest BCUT2D eigenvalue weighted by atomic mass is 19.1. The predicted molar refractivity (Wildman–Crippen MR) is 54.7 cm³/mol. The lowest BCUT2D eigenvalue weighted by molar-refractivity contribution is 0.275. The lowest BCUT2D eigenvalue weighted by atomic mass is 10.1. The van der Waals surface area contributed by atoms with Crippen LogP contribution < -0.4 is 10.5 Å². The first-order valence-electron chi connectivity index (χ1n) is 4.66. The first kappa shape index (κ1) is 11.5. The van der Waals surface area contributed by atoms with E-state index in [1.165, 1.54) is 6.07 Å². The number of nitriles is 1. The van der Waals surface area contributed by atoms with E-state index in [2.05, 4.69) is 0 Å². The van der Waals surface area contributed by atoms with Crippen molar-refractivity contribution in [3.63, 3.8) is 0 Å². The second-order valence-corrected chi connectivity index (χ2v) is 3.36. The van der Waals surface area contributed by atoms with E-state index in [0.717, 1.165) is 0 Å². The lowest BCUT2D eigenvalue weighted by Crippen LogP contribution is -2.10. The standard InChI is InChI=1S/C11H13FN2O/c1-7(6-13)15-9-3-4-10(8(2)14)11(12)5-9/h3-5,7-8H,14H2,1-2H3/t7?,8-/m1/s1. The van der Waals surface area contributed by atoms with E-state index in [-0.39, 0.29) is 6.04 Å². The Balaban J connectivity index is 2.88. The summed E-state index contributed by atoms with van der Waals surface area (Å²) < 4.78 is 18.5. The molecule has 0 aliphatic heterocycles. The Morgan fingerprint density at radius 3 is 2.60 bits per heavy atom. The number of nitrogens with zero attached hydrogens (tertiary/aromatic N) is 1. The van der Waals surface area contributed by atoms with E-state index >= 15 is 0 Å². The van der Waals surface area contributed by atoms with E-state index in [4.69, 9.17) is 15.7 Å². The zero-order valence-corrected chi connectivity index (χ0v) is 8.70. The summed E-state index contributed by atoms with van der Waals surface area (Å²) in [5.41, 5.74) is 6.00. The molecular weight excluding hydrogens is 195 g/mol. The Morgan fingerprint density at radius 2 is 2.13 bits per heavy atom. The zero-order valence-electron chi connectivity index (χ0n) is 8.70. The van der Waals surface area contributed by atoms with Crippen LogP contribution in [-0.2, 0) is 0 Å². The average molecular weight is 208 g/mol. The summed E-state index contributed by atoms with van der Waals surface area (Å²) in [6.45, 7) is 3.30. The highest BCUT2D eigenvalue weighted by Gasteiger charge is 2.09. The minimum atomic E-state index is -0.592. The van der Waals surface area contributed by atoms with Gasteiger partial charge in [0.15, 0.2) is 6.10 Å². The fraction of sp³-hybridized carbons (Fsp3) is 0.364. The van der Waals surface area contributed by atoms with Gasteiger partial charge in [0.05, 0.1) is 0 Å². The summed E-state index contributed by atoms with van der Waals surface area (Å²) in [5.74, 6) is -0.0708. The molecule has 0 radical (unpaired) electrons. The Labute approximate surface area is 88.3 Å². The Hall–Kier alpha value is -1.60. The molecule has 1 rings (SSSR count). The van der Waals surface area contributed by atoms with E-state index < -0.39 is 11.9 Å². The van der Waals surface area contributed by atoms with Gasteiger partial charge in [-0.1, -0.05) is 6.07 Å². The normalized spacial score (nSPS) is 14.1. The van der Waals surface area contributed by atoms with Crippen molar-refractivity contribution in [1.82, 2.24) is 0 Å². The summed E-state index contributed by atoms with van der Waals surface area (Å²) in [4.78, 5) is 0. The Bertz CT molecular complexity index is 385. The van der Waals surface area contributed by atoms with Crippen LogP contribution in [0.25, 0.3) is 0 Å². The molecule has 0 amide bonds. The van der Waals surface area contributed by atoms with Gasteiger partial charge in [0.25, 0.3) is 0 Å². The van der Waals surface area contributed by atoms with Crippen LogP contribution >= 0.6 is 0 Å². The van der Waals surface area contributed by atoms with Crippen LogP contribution in [0.3, 0.4) is 0 Å². The van der Waals surface area contributed by atoms with Gasteiger partial charge >= 0.3 is 0 Å². The number of ether oxygens (including phenoxy) is 1. The fourth-order valence-electron chi connectivity index (χ4n) is 1.18. The summed E-state index contributed by atoms with van der Waals surface area (Å²) in [6.07, 6.45) is -0.592. The number of nitrogens with two attached hydrogens (primary N) is 1. The third-order valence-electron chi connectivity index (χ3n) is 1.96. The van der Waals surface area contributed by atoms with Crippen LogP contribution in [0.2, 0.25) is 0 Å². The maximum absolute atomic E-state index is 13.4. The van der Waals surface area contributed by atoms with Gasteiger partial charge in [0.1, 0.15) is 17.6 Å². The van der Waals surface area contributed by atoms with E-state index in [0.29, 0.717) is 11.3 Å². The molecule has 3 nitrogen and oxygen atoms in total. The number of benzene rings is 1. The predicted octanol–water partition coefficient (Wildman–Crippen LogP) is 2.14. The second kappa shape index (κ2) is 4.76. The molecule has 1 unspecified atom stereocenters. The quantitative estimate of drug-likeness (QED) is 0.827. The highest BCUT2D eigenvalue weighted by Crippen LogP contribution is 2.21. The van der Waals surface area contributed by atoms with Gasteiger partial charge in [-0.25, -0.2) is 4.39 Å². The maximum atomic E-state index is 13.4. The summed E-state index contributed by atoms with van der Waals surface area (Å²) in [6, 6.07) is 5.96. The molecular formula is C11H13FN2O. The molecule has 1 aromatic rings. The van der Waals surface area contributed by atoms with Gasteiger partial charge in [-0.3, -0.25) is 0 Å². The van der Waals surface area contributed by atoms with Crippen LogP contribution in [0.15, 0.2) is 18.2 Å². The first-order chi connectivity index (χ1) is 7.04. The molecule has 0 aliphatic rings. The van der Waals surface area contributed by atoms with Crippen LogP contribution in [-0.4, -0.2) is 6.10 Å². The van der Waals surface area contributed by atoms with E-state index in [9.17, 15) is 4.39 Å². The molecule has 0 heterocycles. The maximum Gasteiger partial charge on any atom is 0.181 e. The monoisotopic (exact) mass is 208 g/mol. The first-order valence-corrected chi connectivity index (χ1v) is 4.66. The summed E-state index contributed by atoms with van der Waals surface area (Å²) in [7, 11) is 0. The molecule has 80 valence electrons. The smallest absolute Gasteiger partial charge is 0.181 e. The molecule has 1 aromatic carbocycles.